The van der Waals surface area contributed by atoms with Crippen molar-refractivity contribution in [3.63, 3.8) is 0 Å². The Kier molecular flexibility index (Phi) is 4.25. The molecule has 19 heavy (non-hydrogen) atoms. The quantitative estimate of drug-likeness (QED) is 0.886. The van der Waals surface area contributed by atoms with Crippen LogP contribution < -0.4 is 0 Å². The normalized spacial score (nSPS) is 23.7. The molecule has 3 heteroatoms. The van der Waals surface area contributed by atoms with Gasteiger partial charge in [0.25, 0.3) is 0 Å². The Labute approximate surface area is 115 Å². The summed E-state index contributed by atoms with van der Waals surface area (Å²) in [7, 11) is 0. The van der Waals surface area contributed by atoms with Crippen LogP contribution in [0.5, 0.6) is 0 Å². The Morgan fingerprint density at radius 3 is 2.79 bits per heavy atom. The molecule has 3 nitrogen and oxygen atoms in total. The van der Waals surface area contributed by atoms with Crippen LogP contribution in [0.3, 0.4) is 0 Å². The Morgan fingerprint density at radius 2 is 2.16 bits per heavy atom. The number of carbonyl (C=O) groups is 1. The number of carboxylic acids is 1. The number of nitrogens with zero attached hydrogens (tertiary/aromatic N) is 1. The SMILES string of the molecule is Cc1ccccc1CCCN1CCC(C)(C(=O)O)C1. The molecule has 0 radical (unpaired) electrons. The minimum Gasteiger partial charge on any atom is -0.481 e. The van der Waals surface area contributed by atoms with Crippen LogP contribution in [-0.4, -0.2) is 35.6 Å². The number of aliphatic carboxylic acids is 1. The highest BCUT2D eigenvalue weighted by atomic mass is 16.4. The number of aryl methyl sites for hydroxylation is 2. The lowest BCUT2D eigenvalue weighted by Crippen LogP contribution is -2.32. The summed E-state index contributed by atoms with van der Waals surface area (Å²) in [6, 6.07) is 8.48. The first-order chi connectivity index (χ1) is 9.01. The van der Waals surface area contributed by atoms with Gasteiger partial charge in [-0.25, -0.2) is 0 Å². The molecule has 0 aromatic heterocycles. The van der Waals surface area contributed by atoms with Crippen molar-refractivity contribution in [3.05, 3.63) is 35.4 Å². The Bertz CT molecular complexity index is 458. The fraction of sp³-hybridized carbons (Fsp3) is 0.562. The molecule has 0 amide bonds. The van der Waals surface area contributed by atoms with E-state index in [-0.39, 0.29) is 0 Å². The molecule has 0 aliphatic carbocycles. The van der Waals surface area contributed by atoms with Crippen molar-refractivity contribution >= 4 is 5.97 Å². The molecule has 1 unspecified atom stereocenters. The minimum absolute atomic E-state index is 0.539. The second kappa shape index (κ2) is 5.74. The molecule has 0 saturated carbocycles. The molecule has 1 aromatic rings. The molecule has 1 heterocycles. The number of hydrogen-bond donors (Lipinski definition) is 1. The molecule has 1 aliphatic rings. The van der Waals surface area contributed by atoms with Crippen LogP contribution in [0, 0.1) is 12.3 Å². The van der Waals surface area contributed by atoms with Gasteiger partial charge in [-0.05, 0) is 57.3 Å². The van der Waals surface area contributed by atoms with Gasteiger partial charge < -0.3 is 10.0 Å². The summed E-state index contributed by atoms with van der Waals surface area (Å²) in [5.41, 5.74) is 2.21. The molecule has 1 N–H and O–H groups in total. The zero-order chi connectivity index (χ0) is 13.9. The molecule has 0 spiro atoms. The highest BCUT2D eigenvalue weighted by molar-refractivity contribution is 5.74. The molecule has 1 fully saturated rings. The first kappa shape index (κ1) is 14.1. The van der Waals surface area contributed by atoms with Crippen molar-refractivity contribution in [2.24, 2.45) is 5.41 Å². The van der Waals surface area contributed by atoms with Crippen LogP contribution in [0.25, 0.3) is 0 Å². The van der Waals surface area contributed by atoms with Gasteiger partial charge >= 0.3 is 5.97 Å². The highest BCUT2D eigenvalue weighted by Crippen LogP contribution is 2.30. The largest absolute Gasteiger partial charge is 0.481 e. The zero-order valence-corrected chi connectivity index (χ0v) is 11.9. The van der Waals surface area contributed by atoms with Crippen LogP contribution in [0.2, 0.25) is 0 Å². The van der Waals surface area contributed by atoms with Crippen LogP contribution in [0.4, 0.5) is 0 Å². The van der Waals surface area contributed by atoms with E-state index in [2.05, 4.69) is 36.1 Å². The minimum atomic E-state index is -0.658. The summed E-state index contributed by atoms with van der Waals surface area (Å²) < 4.78 is 0. The van der Waals surface area contributed by atoms with Gasteiger partial charge in [-0.2, -0.15) is 0 Å². The third kappa shape index (κ3) is 3.35. The second-order valence-corrected chi connectivity index (χ2v) is 5.92. The zero-order valence-electron chi connectivity index (χ0n) is 11.9. The lowest BCUT2D eigenvalue weighted by atomic mass is 9.90. The number of rotatable bonds is 5. The molecule has 1 atom stereocenters. The van der Waals surface area contributed by atoms with Crippen LogP contribution in [0.15, 0.2) is 24.3 Å². The van der Waals surface area contributed by atoms with Crippen LogP contribution >= 0.6 is 0 Å². The van der Waals surface area contributed by atoms with Gasteiger partial charge in [0.1, 0.15) is 0 Å². The fourth-order valence-corrected chi connectivity index (χ4v) is 2.81. The van der Waals surface area contributed by atoms with Gasteiger partial charge in [0.2, 0.25) is 0 Å². The van der Waals surface area contributed by atoms with Crippen LogP contribution in [0.1, 0.15) is 30.9 Å². The first-order valence-corrected chi connectivity index (χ1v) is 7.01. The van der Waals surface area contributed by atoms with E-state index in [9.17, 15) is 9.90 Å². The van der Waals surface area contributed by atoms with Gasteiger partial charge in [0.05, 0.1) is 5.41 Å². The molecular formula is C16H23NO2. The van der Waals surface area contributed by atoms with E-state index in [1.807, 2.05) is 6.92 Å². The van der Waals surface area contributed by atoms with Crippen molar-refractivity contribution < 1.29 is 9.90 Å². The molecule has 1 aliphatic heterocycles. The Balaban J connectivity index is 1.79. The van der Waals surface area contributed by atoms with Gasteiger partial charge in [-0.3, -0.25) is 4.79 Å². The number of carboxylic acid groups (broad SMARTS) is 1. The first-order valence-electron chi connectivity index (χ1n) is 7.01. The summed E-state index contributed by atoms with van der Waals surface area (Å²) in [5, 5.41) is 9.20. The second-order valence-electron chi connectivity index (χ2n) is 5.92. The number of hydrogen-bond acceptors (Lipinski definition) is 2. The smallest absolute Gasteiger partial charge is 0.310 e. The lowest BCUT2D eigenvalue weighted by Gasteiger charge is -2.20. The van der Waals surface area contributed by atoms with Crippen LogP contribution in [-0.2, 0) is 11.2 Å². The average molecular weight is 261 g/mol. The van der Waals surface area contributed by atoms with E-state index in [0.717, 1.165) is 32.4 Å². The maximum atomic E-state index is 11.2. The predicted molar refractivity (Wildman–Crippen MR) is 76.3 cm³/mol. The summed E-state index contributed by atoms with van der Waals surface area (Å²) in [5.74, 6) is -0.658. The predicted octanol–water partition coefficient (Wildman–Crippen LogP) is 2.72. The monoisotopic (exact) mass is 261 g/mol. The fourth-order valence-electron chi connectivity index (χ4n) is 2.81. The standard InChI is InChI=1S/C16H23NO2/c1-13-6-3-4-7-14(13)8-5-10-17-11-9-16(2,12-17)15(18)19/h3-4,6-7H,5,8-12H2,1-2H3,(H,18,19). The van der Waals surface area contributed by atoms with Gasteiger partial charge in [-0.1, -0.05) is 24.3 Å². The van der Waals surface area contributed by atoms with E-state index in [1.54, 1.807) is 0 Å². The highest BCUT2D eigenvalue weighted by Gasteiger charge is 2.39. The summed E-state index contributed by atoms with van der Waals surface area (Å²) in [6.45, 7) is 6.60. The van der Waals surface area contributed by atoms with E-state index in [0.29, 0.717) is 6.54 Å². The molecule has 104 valence electrons. The van der Waals surface area contributed by atoms with E-state index in [1.165, 1.54) is 11.1 Å². The summed E-state index contributed by atoms with van der Waals surface area (Å²) in [6.07, 6.45) is 2.94. The molecule has 1 saturated heterocycles. The molecule has 1 aromatic carbocycles. The number of likely N-dealkylation sites (tertiary alicyclic amines) is 1. The van der Waals surface area contributed by atoms with Gasteiger partial charge in [-0.15, -0.1) is 0 Å². The van der Waals surface area contributed by atoms with E-state index >= 15 is 0 Å². The van der Waals surface area contributed by atoms with Crippen molar-refractivity contribution in [1.82, 2.24) is 4.90 Å². The Morgan fingerprint density at radius 1 is 1.42 bits per heavy atom. The van der Waals surface area contributed by atoms with Crippen molar-refractivity contribution in [2.75, 3.05) is 19.6 Å². The summed E-state index contributed by atoms with van der Waals surface area (Å²) >= 11 is 0. The number of benzene rings is 1. The molecule has 0 bridgehead atoms. The van der Waals surface area contributed by atoms with Crippen molar-refractivity contribution in [1.29, 1.82) is 0 Å². The maximum Gasteiger partial charge on any atom is 0.310 e. The lowest BCUT2D eigenvalue weighted by molar-refractivity contribution is -0.147. The average Bonchev–Trinajstić information content (AvgIpc) is 2.75. The van der Waals surface area contributed by atoms with E-state index in [4.69, 9.17) is 0 Å². The third-order valence-corrected chi connectivity index (χ3v) is 4.25. The van der Waals surface area contributed by atoms with Crippen molar-refractivity contribution in [3.8, 4) is 0 Å². The third-order valence-electron chi connectivity index (χ3n) is 4.25. The van der Waals surface area contributed by atoms with Gasteiger partial charge in [0, 0.05) is 6.54 Å². The Hall–Kier alpha value is -1.35. The van der Waals surface area contributed by atoms with Gasteiger partial charge in [0.15, 0.2) is 0 Å². The van der Waals surface area contributed by atoms with Crippen molar-refractivity contribution in [2.45, 2.75) is 33.1 Å². The topological polar surface area (TPSA) is 40.5 Å². The van der Waals surface area contributed by atoms with E-state index < -0.39 is 11.4 Å². The summed E-state index contributed by atoms with van der Waals surface area (Å²) in [4.78, 5) is 13.5. The maximum absolute atomic E-state index is 11.2. The molecular weight excluding hydrogens is 238 g/mol. The molecule has 2 rings (SSSR count).